The Bertz CT molecular complexity index is 1440. The van der Waals surface area contributed by atoms with Crippen molar-refractivity contribution in [3.63, 3.8) is 0 Å². The lowest BCUT2D eigenvalue weighted by molar-refractivity contribution is -0.142. The Labute approximate surface area is 282 Å². The van der Waals surface area contributed by atoms with Gasteiger partial charge in [0.2, 0.25) is 0 Å². The summed E-state index contributed by atoms with van der Waals surface area (Å²) in [6.45, 7) is 18.6. The third-order valence-electron chi connectivity index (χ3n) is 6.38. The minimum Gasteiger partial charge on any atom is -0.468 e. The molecule has 0 atom stereocenters. The Hall–Kier alpha value is -2.80. The minimum atomic E-state index is -1.45. The molecular formula is C33H46ClF2N3O5SSi. The van der Waals surface area contributed by atoms with Gasteiger partial charge in [0.25, 0.3) is 0 Å². The predicted molar refractivity (Wildman–Crippen MR) is 186 cm³/mol. The SMILES string of the molecule is COC(=O)C(C)(C)SC(=NC(C)(C)c1cc(/C=C(\F)c2ccc(Cl)cn2)ccc1F)N(COCC[Si](C)(C)C)C(=O)OC(C)(C)C. The number of pyridine rings is 1. The zero-order valence-corrected chi connectivity index (χ0v) is 31.2. The van der Waals surface area contributed by atoms with Crippen molar-refractivity contribution in [2.24, 2.45) is 4.99 Å². The maximum Gasteiger partial charge on any atom is 0.418 e. The molecule has 0 bridgehead atoms. The summed E-state index contributed by atoms with van der Waals surface area (Å²) in [6.07, 6.45) is 1.81. The summed E-state index contributed by atoms with van der Waals surface area (Å²) in [4.78, 5) is 36.4. The van der Waals surface area contributed by atoms with Gasteiger partial charge in [-0.1, -0.05) is 49.1 Å². The average molecular weight is 698 g/mol. The third kappa shape index (κ3) is 12.4. The molecule has 0 aliphatic carbocycles. The number of aromatic nitrogens is 1. The quantitative estimate of drug-likeness (QED) is 0.0578. The number of hydrogen-bond donors (Lipinski definition) is 0. The number of amides is 1. The molecule has 8 nitrogen and oxygen atoms in total. The van der Waals surface area contributed by atoms with E-state index in [2.05, 4.69) is 24.6 Å². The normalized spacial score (nSPS) is 13.4. The molecule has 0 saturated heterocycles. The second kappa shape index (κ2) is 15.9. The Kier molecular flexibility index (Phi) is 13.6. The first-order chi connectivity index (χ1) is 21.0. The fourth-order valence-corrected chi connectivity index (χ4v) is 5.83. The summed E-state index contributed by atoms with van der Waals surface area (Å²) >= 11 is 6.84. The monoisotopic (exact) mass is 697 g/mol. The lowest BCUT2D eigenvalue weighted by Gasteiger charge is -2.33. The van der Waals surface area contributed by atoms with Crippen LogP contribution < -0.4 is 0 Å². The van der Waals surface area contributed by atoms with Crippen LogP contribution in [-0.4, -0.2) is 66.0 Å². The van der Waals surface area contributed by atoms with Crippen LogP contribution in [0.5, 0.6) is 0 Å². The van der Waals surface area contributed by atoms with E-state index in [1.54, 1.807) is 48.5 Å². The molecule has 0 unspecified atom stereocenters. The zero-order valence-electron chi connectivity index (χ0n) is 28.6. The number of benzene rings is 1. The fourth-order valence-electron chi connectivity index (χ4n) is 3.83. The molecule has 1 aromatic carbocycles. The van der Waals surface area contributed by atoms with Crippen LogP contribution in [0.15, 0.2) is 41.5 Å². The van der Waals surface area contributed by atoms with E-state index in [9.17, 15) is 9.59 Å². The molecule has 0 N–H and O–H groups in total. The van der Waals surface area contributed by atoms with Crippen LogP contribution in [0.25, 0.3) is 11.9 Å². The molecule has 1 amide bonds. The molecule has 0 fully saturated rings. The number of carbonyl (C=O) groups excluding carboxylic acids is 2. The van der Waals surface area contributed by atoms with Crippen LogP contribution in [0.3, 0.4) is 0 Å². The van der Waals surface area contributed by atoms with Crippen molar-refractivity contribution in [2.75, 3.05) is 20.4 Å². The average Bonchev–Trinajstić information content (AvgIpc) is 2.91. The summed E-state index contributed by atoms with van der Waals surface area (Å²) in [5, 5.41) is 0.422. The zero-order chi connectivity index (χ0) is 35.1. The molecular weight excluding hydrogens is 652 g/mol. The molecule has 2 aromatic rings. The van der Waals surface area contributed by atoms with Crippen molar-refractivity contribution in [2.45, 2.75) is 90.0 Å². The van der Waals surface area contributed by atoms with Crippen LogP contribution >= 0.6 is 23.4 Å². The number of aliphatic imine (C=N–C) groups is 1. The number of methoxy groups -OCH3 is 1. The second-order valence-electron chi connectivity index (χ2n) is 13.9. The number of amidine groups is 1. The molecule has 1 heterocycles. The van der Waals surface area contributed by atoms with E-state index in [-0.39, 0.29) is 23.2 Å². The number of thioether (sulfide) groups is 1. The van der Waals surface area contributed by atoms with Gasteiger partial charge in [-0.05, 0) is 90.4 Å². The molecule has 0 spiro atoms. The van der Waals surface area contributed by atoms with Crippen LogP contribution in [0, 0.1) is 5.82 Å². The first-order valence-electron chi connectivity index (χ1n) is 14.8. The molecule has 0 radical (unpaired) electrons. The highest BCUT2D eigenvalue weighted by Crippen LogP contribution is 2.35. The number of hydrogen-bond acceptors (Lipinski definition) is 8. The topological polar surface area (TPSA) is 90.3 Å². The third-order valence-corrected chi connectivity index (χ3v) is 9.47. The Morgan fingerprint density at radius 1 is 1.09 bits per heavy atom. The summed E-state index contributed by atoms with van der Waals surface area (Å²) in [6, 6.07) is 7.94. The number of rotatable bonds is 11. The van der Waals surface area contributed by atoms with Crippen molar-refractivity contribution < 1.29 is 32.6 Å². The predicted octanol–water partition coefficient (Wildman–Crippen LogP) is 9.17. The van der Waals surface area contributed by atoms with E-state index in [1.807, 2.05) is 0 Å². The van der Waals surface area contributed by atoms with Gasteiger partial charge in [-0.2, -0.15) is 0 Å². The summed E-state index contributed by atoms with van der Waals surface area (Å²) < 4.78 is 46.0. The largest absolute Gasteiger partial charge is 0.468 e. The summed E-state index contributed by atoms with van der Waals surface area (Å²) in [5.74, 6) is -1.79. The second-order valence-corrected chi connectivity index (χ2v) is 21.6. The summed E-state index contributed by atoms with van der Waals surface area (Å²) in [7, 11) is -0.182. The van der Waals surface area contributed by atoms with Gasteiger partial charge in [-0.15, -0.1) is 0 Å². The number of esters is 1. The van der Waals surface area contributed by atoms with E-state index in [0.29, 0.717) is 17.2 Å². The van der Waals surface area contributed by atoms with Gasteiger partial charge in [0.15, 0.2) is 5.17 Å². The maximum atomic E-state index is 15.5. The molecule has 0 saturated carbocycles. The van der Waals surface area contributed by atoms with Crippen LogP contribution in [-0.2, 0) is 24.5 Å². The van der Waals surface area contributed by atoms with Crippen LogP contribution in [0.4, 0.5) is 13.6 Å². The van der Waals surface area contributed by atoms with Crippen LogP contribution in [0.2, 0.25) is 30.7 Å². The number of ether oxygens (including phenoxy) is 3. The van der Waals surface area contributed by atoms with Crippen molar-refractivity contribution in [1.82, 2.24) is 9.88 Å². The van der Waals surface area contributed by atoms with Crippen molar-refractivity contribution in [3.05, 3.63) is 64.2 Å². The van der Waals surface area contributed by atoms with Gasteiger partial charge >= 0.3 is 12.1 Å². The lowest BCUT2D eigenvalue weighted by atomic mass is 9.92. The van der Waals surface area contributed by atoms with E-state index < -0.39 is 47.7 Å². The van der Waals surface area contributed by atoms with Gasteiger partial charge in [0.05, 0.1) is 23.4 Å². The van der Waals surface area contributed by atoms with Crippen molar-refractivity contribution in [1.29, 1.82) is 0 Å². The van der Waals surface area contributed by atoms with Gasteiger partial charge in [0, 0.05) is 26.4 Å². The maximum absolute atomic E-state index is 15.5. The van der Waals surface area contributed by atoms with E-state index in [0.717, 1.165) is 17.8 Å². The van der Waals surface area contributed by atoms with Gasteiger partial charge in [0.1, 0.15) is 28.7 Å². The van der Waals surface area contributed by atoms with Gasteiger partial charge in [-0.3, -0.25) is 14.8 Å². The molecule has 0 aliphatic rings. The van der Waals surface area contributed by atoms with Crippen molar-refractivity contribution >= 4 is 60.6 Å². The highest BCUT2D eigenvalue weighted by molar-refractivity contribution is 8.15. The van der Waals surface area contributed by atoms with Crippen LogP contribution in [0.1, 0.15) is 65.3 Å². The lowest BCUT2D eigenvalue weighted by Crippen LogP contribution is -2.44. The Balaban J connectivity index is 2.67. The van der Waals surface area contributed by atoms with E-state index >= 15 is 8.78 Å². The first-order valence-corrected chi connectivity index (χ1v) is 19.7. The minimum absolute atomic E-state index is 0.0551. The van der Waals surface area contributed by atoms with Crippen molar-refractivity contribution in [3.8, 4) is 0 Å². The molecule has 13 heteroatoms. The Morgan fingerprint density at radius 2 is 1.74 bits per heavy atom. The first kappa shape index (κ1) is 39.4. The molecule has 254 valence electrons. The standard InChI is InChI=1S/C33H46ClF2N3O5SSi/c1-31(2,3)44-30(41)39(21-43-16-17-46(9,10)11)29(45-33(6,7)28(40)42-8)38-32(4,5)24-18-22(12-14-25(24)35)19-26(36)27-15-13-23(34)20-37-27/h12-15,18-20H,16-17,21H2,1-11H3/b26-19-,38-29?. The number of halogens is 3. The number of carbonyl (C=O) groups is 2. The summed E-state index contributed by atoms with van der Waals surface area (Å²) in [5.41, 5.74) is -1.63. The van der Waals surface area contributed by atoms with E-state index in [4.69, 9.17) is 30.8 Å². The highest BCUT2D eigenvalue weighted by atomic mass is 35.5. The van der Waals surface area contributed by atoms with Gasteiger partial charge < -0.3 is 14.2 Å². The molecule has 2 rings (SSSR count). The Morgan fingerprint density at radius 3 is 2.28 bits per heavy atom. The fraction of sp³-hybridized carbons (Fsp3) is 0.515. The van der Waals surface area contributed by atoms with E-state index in [1.165, 1.54) is 54.6 Å². The molecule has 46 heavy (non-hydrogen) atoms. The molecule has 0 aliphatic heterocycles. The smallest absolute Gasteiger partial charge is 0.418 e. The number of nitrogens with zero attached hydrogens (tertiary/aromatic N) is 3. The highest BCUT2D eigenvalue weighted by Gasteiger charge is 2.38. The molecule has 1 aromatic heterocycles. The van der Waals surface area contributed by atoms with Gasteiger partial charge in [-0.25, -0.2) is 18.5 Å².